The number of aromatic nitrogens is 2. The Hall–Kier alpha value is -3.34. The van der Waals surface area contributed by atoms with Gasteiger partial charge in [0, 0.05) is 24.8 Å². The molecule has 0 spiro atoms. The topological polar surface area (TPSA) is 90.9 Å². The summed E-state index contributed by atoms with van der Waals surface area (Å²) in [6.45, 7) is 0.670. The lowest BCUT2D eigenvalue weighted by Gasteiger charge is -2.40. The van der Waals surface area contributed by atoms with Crippen molar-refractivity contribution in [2.45, 2.75) is 18.6 Å². The van der Waals surface area contributed by atoms with E-state index < -0.39 is 17.7 Å². The first-order chi connectivity index (χ1) is 14.5. The Kier molecular flexibility index (Phi) is 4.46. The quantitative estimate of drug-likeness (QED) is 0.691. The van der Waals surface area contributed by atoms with Gasteiger partial charge in [-0.15, -0.1) is 0 Å². The van der Waals surface area contributed by atoms with Crippen molar-refractivity contribution in [2.24, 2.45) is 5.10 Å². The summed E-state index contributed by atoms with van der Waals surface area (Å²) >= 11 is 1.31. The molecule has 3 aromatic rings. The SMILES string of the molecule is O=C(N1CC(Oc2nc3[nH]c(=O)ccc3s2)C1)N1N=CCC1c1cc(F)cc(F)c1. The third kappa shape index (κ3) is 3.41. The summed E-state index contributed by atoms with van der Waals surface area (Å²) in [5.74, 6) is -1.39. The fourth-order valence-corrected chi connectivity index (χ4v) is 4.31. The van der Waals surface area contributed by atoms with Gasteiger partial charge in [0.05, 0.1) is 23.8 Å². The average molecular weight is 431 g/mol. The van der Waals surface area contributed by atoms with Gasteiger partial charge in [0.1, 0.15) is 17.7 Å². The third-order valence-corrected chi connectivity index (χ3v) is 5.85. The molecule has 2 aliphatic heterocycles. The van der Waals surface area contributed by atoms with Gasteiger partial charge in [0.15, 0.2) is 5.65 Å². The lowest BCUT2D eigenvalue weighted by atomic mass is 10.0. The number of H-pyrrole nitrogens is 1. The van der Waals surface area contributed by atoms with E-state index in [1.54, 1.807) is 17.2 Å². The summed E-state index contributed by atoms with van der Waals surface area (Å²) in [6.07, 6.45) is 1.70. The van der Waals surface area contributed by atoms with Gasteiger partial charge in [0.25, 0.3) is 5.19 Å². The predicted molar refractivity (Wildman–Crippen MR) is 106 cm³/mol. The van der Waals surface area contributed by atoms with Gasteiger partial charge in [-0.05, 0) is 23.8 Å². The highest BCUT2D eigenvalue weighted by Crippen LogP contribution is 2.32. The molecule has 8 nitrogen and oxygen atoms in total. The van der Waals surface area contributed by atoms with Crippen molar-refractivity contribution in [1.82, 2.24) is 19.9 Å². The van der Waals surface area contributed by atoms with Crippen LogP contribution in [0, 0.1) is 11.6 Å². The van der Waals surface area contributed by atoms with Crippen LogP contribution >= 0.6 is 11.3 Å². The van der Waals surface area contributed by atoms with Gasteiger partial charge in [-0.1, -0.05) is 11.3 Å². The van der Waals surface area contributed by atoms with E-state index in [0.717, 1.165) is 10.8 Å². The van der Waals surface area contributed by atoms with Crippen LogP contribution in [-0.4, -0.2) is 51.3 Å². The van der Waals surface area contributed by atoms with E-state index in [-0.39, 0.29) is 17.7 Å². The number of hydrogen-bond donors (Lipinski definition) is 1. The average Bonchev–Trinajstić information content (AvgIpc) is 3.29. The zero-order valence-electron chi connectivity index (χ0n) is 15.4. The molecule has 1 fully saturated rings. The van der Waals surface area contributed by atoms with Crippen LogP contribution in [-0.2, 0) is 0 Å². The monoisotopic (exact) mass is 431 g/mol. The lowest BCUT2D eigenvalue weighted by Crippen LogP contribution is -2.58. The highest BCUT2D eigenvalue weighted by molar-refractivity contribution is 7.20. The van der Waals surface area contributed by atoms with Crippen LogP contribution in [0.25, 0.3) is 10.3 Å². The molecule has 1 saturated heterocycles. The van der Waals surface area contributed by atoms with Crippen LogP contribution in [0.5, 0.6) is 5.19 Å². The number of hydrogen-bond acceptors (Lipinski definition) is 6. The van der Waals surface area contributed by atoms with Crippen molar-refractivity contribution in [3.05, 3.63) is 57.9 Å². The maximum Gasteiger partial charge on any atom is 0.341 e. The van der Waals surface area contributed by atoms with Crippen molar-refractivity contribution in [1.29, 1.82) is 0 Å². The zero-order valence-corrected chi connectivity index (χ0v) is 16.2. The second-order valence-electron chi connectivity index (χ2n) is 7.04. The minimum absolute atomic E-state index is 0.237. The van der Waals surface area contributed by atoms with E-state index in [9.17, 15) is 18.4 Å². The second-order valence-corrected chi connectivity index (χ2v) is 8.03. The Morgan fingerprint density at radius 2 is 1.97 bits per heavy atom. The van der Waals surface area contributed by atoms with E-state index in [1.165, 1.54) is 34.5 Å². The number of pyridine rings is 1. The Morgan fingerprint density at radius 1 is 1.20 bits per heavy atom. The number of likely N-dealkylation sites (tertiary alicyclic amines) is 1. The maximum atomic E-state index is 13.6. The molecule has 11 heteroatoms. The number of fused-ring (bicyclic) bond motifs is 1. The molecule has 1 aromatic carbocycles. The Morgan fingerprint density at radius 3 is 2.73 bits per heavy atom. The van der Waals surface area contributed by atoms with Gasteiger partial charge < -0.3 is 14.6 Å². The third-order valence-electron chi connectivity index (χ3n) is 4.94. The number of benzene rings is 1. The standard InChI is InChI=1S/C19H15F2N5O3S/c20-11-5-10(6-12(21)7-11)14-3-4-22-26(14)19(28)25-8-13(9-25)29-18-24-17-15(30-18)1-2-16(27)23-17/h1-2,4-7,13-14H,3,8-9H2,(H,23,27). The Labute approximate surface area is 172 Å². The van der Waals surface area contributed by atoms with Gasteiger partial charge in [-0.3, -0.25) is 4.79 Å². The summed E-state index contributed by atoms with van der Waals surface area (Å²) in [5.41, 5.74) is 0.583. The van der Waals surface area contributed by atoms with Crippen LogP contribution < -0.4 is 10.3 Å². The summed E-state index contributed by atoms with van der Waals surface area (Å²) < 4.78 is 33.7. The van der Waals surface area contributed by atoms with E-state index in [1.807, 2.05) is 0 Å². The van der Waals surface area contributed by atoms with Crippen LogP contribution in [0.15, 0.2) is 40.2 Å². The normalized spacial score (nSPS) is 18.8. The molecule has 1 atom stereocenters. The molecule has 2 aromatic heterocycles. The summed E-state index contributed by atoms with van der Waals surface area (Å²) in [6, 6.07) is 5.41. The molecule has 0 saturated carbocycles. The Bertz CT molecular complexity index is 1200. The molecule has 2 amide bonds. The largest absolute Gasteiger partial charge is 0.463 e. The van der Waals surface area contributed by atoms with Crippen molar-refractivity contribution >= 4 is 33.9 Å². The first-order valence-electron chi connectivity index (χ1n) is 9.19. The fraction of sp³-hybridized carbons (Fsp3) is 0.263. The van der Waals surface area contributed by atoms with Gasteiger partial charge in [-0.2, -0.15) is 10.1 Å². The van der Waals surface area contributed by atoms with E-state index in [2.05, 4.69) is 15.1 Å². The van der Waals surface area contributed by atoms with Crippen molar-refractivity contribution in [2.75, 3.05) is 13.1 Å². The predicted octanol–water partition coefficient (Wildman–Crippen LogP) is 2.88. The minimum Gasteiger partial charge on any atom is -0.463 e. The fourth-order valence-electron chi connectivity index (χ4n) is 3.47. The number of carbonyl (C=O) groups excluding carboxylic acids is 1. The molecule has 0 bridgehead atoms. The lowest BCUT2D eigenvalue weighted by molar-refractivity contribution is 0.0277. The highest BCUT2D eigenvalue weighted by atomic mass is 32.1. The first-order valence-corrected chi connectivity index (χ1v) is 10.0. The van der Waals surface area contributed by atoms with Gasteiger partial charge >= 0.3 is 6.03 Å². The van der Waals surface area contributed by atoms with Crippen molar-refractivity contribution in [3.63, 3.8) is 0 Å². The van der Waals surface area contributed by atoms with Crippen LogP contribution in [0.3, 0.4) is 0 Å². The molecule has 1 unspecified atom stereocenters. The number of urea groups is 1. The van der Waals surface area contributed by atoms with Gasteiger partial charge in [0.2, 0.25) is 5.56 Å². The maximum absolute atomic E-state index is 13.6. The summed E-state index contributed by atoms with van der Waals surface area (Å²) in [4.78, 5) is 32.6. The minimum atomic E-state index is -0.695. The van der Waals surface area contributed by atoms with E-state index in [0.29, 0.717) is 35.9 Å². The van der Waals surface area contributed by atoms with Crippen molar-refractivity contribution in [3.8, 4) is 5.19 Å². The molecule has 1 N–H and O–H groups in total. The van der Waals surface area contributed by atoms with Gasteiger partial charge in [-0.25, -0.2) is 18.6 Å². The molecule has 0 radical (unpaired) electrons. The zero-order chi connectivity index (χ0) is 20.8. The number of halogens is 2. The number of rotatable bonds is 3. The number of amides is 2. The number of carbonyl (C=O) groups is 1. The molecule has 2 aliphatic rings. The summed E-state index contributed by atoms with van der Waals surface area (Å²) in [5, 5.41) is 5.75. The highest BCUT2D eigenvalue weighted by Gasteiger charge is 2.39. The second kappa shape index (κ2) is 7.17. The number of nitrogens with one attached hydrogen (secondary N) is 1. The molecule has 4 heterocycles. The molecule has 154 valence electrons. The number of hydrazone groups is 1. The number of thiazole rings is 1. The van der Waals surface area contributed by atoms with Crippen LogP contribution in [0.4, 0.5) is 13.6 Å². The smallest absolute Gasteiger partial charge is 0.341 e. The first kappa shape index (κ1) is 18.7. The molecule has 0 aliphatic carbocycles. The molecular weight excluding hydrogens is 416 g/mol. The van der Waals surface area contributed by atoms with Crippen molar-refractivity contribution < 1.29 is 18.3 Å². The van der Waals surface area contributed by atoms with Crippen LogP contribution in [0.1, 0.15) is 18.0 Å². The Balaban J connectivity index is 1.23. The number of aromatic amines is 1. The van der Waals surface area contributed by atoms with Crippen LogP contribution in [0.2, 0.25) is 0 Å². The molecule has 30 heavy (non-hydrogen) atoms. The van der Waals surface area contributed by atoms with E-state index in [4.69, 9.17) is 4.74 Å². The van der Waals surface area contributed by atoms with E-state index >= 15 is 0 Å². The molecule has 5 rings (SSSR count). The number of nitrogens with zero attached hydrogens (tertiary/aromatic N) is 4. The summed E-state index contributed by atoms with van der Waals surface area (Å²) in [7, 11) is 0. The molecular formula is C19H15F2N5O3S. The number of ether oxygens (including phenoxy) is 1.